The lowest BCUT2D eigenvalue weighted by Crippen LogP contribution is -2.54. The number of hydrogen-bond donors (Lipinski definition) is 1. The molecule has 0 atom stereocenters. The molecule has 1 aliphatic heterocycles. The van der Waals surface area contributed by atoms with Gasteiger partial charge >= 0.3 is 6.03 Å². The summed E-state index contributed by atoms with van der Waals surface area (Å²) in [7, 11) is 1.40. The first-order valence-electron chi connectivity index (χ1n) is 10.1. The minimum absolute atomic E-state index is 0.213. The van der Waals surface area contributed by atoms with Crippen LogP contribution in [0.2, 0.25) is 10.0 Å². The van der Waals surface area contributed by atoms with Gasteiger partial charge < -0.3 is 9.47 Å². The summed E-state index contributed by atoms with van der Waals surface area (Å²) in [6.07, 6.45) is 1.28. The van der Waals surface area contributed by atoms with Crippen LogP contribution in [0.1, 0.15) is 11.1 Å². The quantitative estimate of drug-likeness (QED) is 0.372. The van der Waals surface area contributed by atoms with Crippen LogP contribution in [-0.2, 0) is 16.2 Å². The Morgan fingerprint density at radius 3 is 2.35 bits per heavy atom. The number of barbiturate groups is 1. The fraction of sp³-hybridized carbons (Fsp3) is 0.0800. The SMILES string of the molecule is COc1c(Cl)cc(Cl)cc1/C=C1\C(=O)NC(=O)N(c2ccc(OCc3ccccc3)cc2)C1=O. The zero-order chi connectivity index (χ0) is 24.2. The third-order valence-corrected chi connectivity index (χ3v) is 5.48. The topological polar surface area (TPSA) is 84.9 Å². The Labute approximate surface area is 205 Å². The lowest BCUT2D eigenvalue weighted by Gasteiger charge is -2.26. The summed E-state index contributed by atoms with van der Waals surface area (Å²) >= 11 is 12.2. The number of carbonyl (C=O) groups is 3. The molecular weight excluding hydrogens is 479 g/mol. The second-order valence-electron chi connectivity index (χ2n) is 7.24. The van der Waals surface area contributed by atoms with Crippen molar-refractivity contribution in [2.24, 2.45) is 0 Å². The number of benzene rings is 3. The van der Waals surface area contributed by atoms with E-state index in [0.29, 0.717) is 22.9 Å². The maximum absolute atomic E-state index is 13.2. The average Bonchev–Trinajstić information content (AvgIpc) is 2.81. The van der Waals surface area contributed by atoms with E-state index in [1.54, 1.807) is 24.3 Å². The zero-order valence-electron chi connectivity index (χ0n) is 17.9. The highest BCUT2D eigenvalue weighted by Crippen LogP contribution is 2.34. The number of anilines is 1. The number of rotatable bonds is 6. The van der Waals surface area contributed by atoms with Gasteiger partial charge in [-0.3, -0.25) is 14.9 Å². The minimum atomic E-state index is -0.860. The third-order valence-electron chi connectivity index (χ3n) is 4.99. The first-order valence-corrected chi connectivity index (χ1v) is 10.8. The van der Waals surface area contributed by atoms with E-state index in [1.807, 2.05) is 30.3 Å². The molecule has 7 nitrogen and oxygen atoms in total. The highest BCUT2D eigenvalue weighted by Gasteiger charge is 2.37. The second kappa shape index (κ2) is 9.99. The Hall–Kier alpha value is -3.81. The molecule has 0 radical (unpaired) electrons. The van der Waals surface area contributed by atoms with Crippen molar-refractivity contribution in [1.29, 1.82) is 0 Å². The van der Waals surface area contributed by atoms with E-state index in [1.165, 1.54) is 25.3 Å². The fourth-order valence-electron chi connectivity index (χ4n) is 3.38. The third kappa shape index (κ3) is 4.90. The monoisotopic (exact) mass is 496 g/mol. The van der Waals surface area contributed by atoms with Crippen LogP contribution in [0.25, 0.3) is 6.08 Å². The number of halogens is 2. The summed E-state index contributed by atoms with van der Waals surface area (Å²) < 4.78 is 11.0. The molecular formula is C25H18Cl2N2O5. The largest absolute Gasteiger partial charge is 0.495 e. The molecule has 0 unspecified atom stereocenters. The number of nitrogens with zero attached hydrogens (tertiary/aromatic N) is 1. The molecule has 0 aromatic heterocycles. The smallest absolute Gasteiger partial charge is 0.335 e. The van der Waals surface area contributed by atoms with Gasteiger partial charge in [-0.2, -0.15) is 0 Å². The Morgan fingerprint density at radius 2 is 1.68 bits per heavy atom. The van der Waals surface area contributed by atoms with Crippen LogP contribution >= 0.6 is 23.2 Å². The van der Waals surface area contributed by atoms with E-state index in [4.69, 9.17) is 32.7 Å². The summed E-state index contributed by atoms with van der Waals surface area (Å²) in [6.45, 7) is 0.370. The van der Waals surface area contributed by atoms with E-state index in [-0.39, 0.29) is 22.0 Å². The molecule has 1 heterocycles. The Balaban J connectivity index is 1.59. The number of urea groups is 1. The van der Waals surface area contributed by atoms with Gasteiger partial charge in [0.2, 0.25) is 0 Å². The van der Waals surface area contributed by atoms with Gasteiger partial charge in [0.15, 0.2) is 0 Å². The summed E-state index contributed by atoms with van der Waals surface area (Å²) in [6, 6.07) is 18.1. The Bertz CT molecular complexity index is 1290. The molecule has 4 rings (SSSR count). The molecule has 3 aromatic carbocycles. The van der Waals surface area contributed by atoms with E-state index in [2.05, 4.69) is 5.32 Å². The molecule has 1 saturated heterocycles. The minimum Gasteiger partial charge on any atom is -0.495 e. The molecule has 9 heteroatoms. The van der Waals surface area contributed by atoms with Crippen LogP contribution in [0.15, 0.2) is 72.3 Å². The predicted octanol–water partition coefficient (Wildman–Crippen LogP) is 5.25. The number of imide groups is 2. The van der Waals surface area contributed by atoms with Gasteiger partial charge in [-0.25, -0.2) is 9.69 Å². The van der Waals surface area contributed by atoms with Gasteiger partial charge in [-0.1, -0.05) is 53.5 Å². The normalized spacial score (nSPS) is 14.9. The first kappa shape index (κ1) is 23.4. The lowest BCUT2D eigenvalue weighted by atomic mass is 10.1. The summed E-state index contributed by atoms with van der Waals surface area (Å²) in [4.78, 5) is 39.0. The number of carbonyl (C=O) groups excluding carboxylic acids is 3. The maximum Gasteiger partial charge on any atom is 0.335 e. The van der Waals surface area contributed by atoms with Gasteiger partial charge in [-0.15, -0.1) is 0 Å². The highest BCUT2D eigenvalue weighted by atomic mass is 35.5. The Morgan fingerprint density at radius 1 is 0.971 bits per heavy atom. The molecule has 3 aromatic rings. The number of nitrogens with one attached hydrogen (secondary N) is 1. The molecule has 1 aliphatic rings. The van der Waals surface area contributed by atoms with Gasteiger partial charge in [0, 0.05) is 10.6 Å². The summed E-state index contributed by atoms with van der Waals surface area (Å²) in [5.41, 5.74) is 1.31. The highest BCUT2D eigenvalue weighted by molar-refractivity contribution is 6.40. The van der Waals surface area contributed by atoms with E-state index < -0.39 is 17.8 Å². The maximum atomic E-state index is 13.2. The molecule has 172 valence electrons. The standard InChI is InChI=1S/C25H18Cl2N2O5/c1-33-22-16(11-17(26)13-21(22)27)12-20-23(30)28-25(32)29(24(20)31)18-7-9-19(10-8-18)34-14-15-5-3-2-4-6-15/h2-13H,14H2,1H3,(H,28,30,32)/b20-12+. The van der Waals surface area contributed by atoms with Crippen LogP contribution < -0.4 is 19.7 Å². The van der Waals surface area contributed by atoms with E-state index >= 15 is 0 Å². The molecule has 0 saturated carbocycles. The molecule has 4 amide bonds. The fourth-order valence-corrected chi connectivity index (χ4v) is 3.97. The van der Waals surface area contributed by atoms with Gasteiger partial charge in [-0.05, 0) is 48.0 Å². The number of hydrogen-bond acceptors (Lipinski definition) is 5. The lowest BCUT2D eigenvalue weighted by molar-refractivity contribution is -0.122. The van der Waals surface area contributed by atoms with Crippen molar-refractivity contribution in [3.8, 4) is 11.5 Å². The molecule has 0 spiro atoms. The molecule has 0 bridgehead atoms. The van der Waals surface area contributed by atoms with Crippen LogP contribution in [0.4, 0.5) is 10.5 Å². The second-order valence-corrected chi connectivity index (χ2v) is 8.08. The van der Waals surface area contributed by atoms with Crippen molar-refractivity contribution in [3.05, 3.63) is 93.5 Å². The van der Waals surface area contributed by atoms with Crippen molar-refractivity contribution in [2.45, 2.75) is 6.61 Å². The number of ether oxygens (including phenoxy) is 2. The summed E-state index contributed by atoms with van der Waals surface area (Å²) in [5.74, 6) is -0.845. The van der Waals surface area contributed by atoms with Gasteiger partial charge in [0.25, 0.3) is 11.8 Å². The van der Waals surface area contributed by atoms with Crippen LogP contribution in [0.3, 0.4) is 0 Å². The van der Waals surface area contributed by atoms with Crippen molar-refractivity contribution in [2.75, 3.05) is 12.0 Å². The summed E-state index contributed by atoms with van der Waals surface area (Å²) in [5, 5.41) is 2.68. The molecule has 1 fully saturated rings. The predicted molar refractivity (Wildman–Crippen MR) is 129 cm³/mol. The van der Waals surface area contributed by atoms with Gasteiger partial charge in [0.05, 0.1) is 17.8 Å². The Kier molecular flexibility index (Phi) is 6.86. The average molecular weight is 497 g/mol. The van der Waals surface area contributed by atoms with E-state index in [0.717, 1.165) is 10.5 Å². The number of methoxy groups -OCH3 is 1. The van der Waals surface area contributed by atoms with Crippen LogP contribution in [0.5, 0.6) is 11.5 Å². The van der Waals surface area contributed by atoms with Crippen LogP contribution in [0, 0.1) is 0 Å². The zero-order valence-corrected chi connectivity index (χ0v) is 19.4. The first-order chi connectivity index (χ1) is 16.4. The van der Waals surface area contributed by atoms with E-state index in [9.17, 15) is 14.4 Å². The van der Waals surface area contributed by atoms with Crippen LogP contribution in [-0.4, -0.2) is 25.0 Å². The van der Waals surface area contributed by atoms with Crippen molar-refractivity contribution in [3.63, 3.8) is 0 Å². The van der Waals surface area contributed by atoms with Gasteiger partial charge in [0.1, 0.15) is 23.7 Å². The van der Waals surface area contributed by atoms with Crippen molar-refractivity contribution in [1.82, 2.24) is 5.32 Å². The molecule has 1 N–H and O–H groups in total. The molecule has 34 heavy (non-hydrogen) atoms. The molecule has 0 aliphatic carbocycles. The van der Waals surface area contributed by atoms with Crippen molar-refractivity contribution >= 4 is 52.8 Å². The number of amides is 4. The van der Waals surface area contributed by atoms with Crippen molar-refractivity contribution < 1.29 is 23.9 Å².